The summed E-state index contributed by atoms with van der Waals surface area (Å²) in [5, 5.41) is 6.93. The average molecular weight is 513 g/mol. The van der Waals surface area contributed by atoms with Gasteiger partial charge in [-0.25, -0.2) is 4.98 Å². The van der Waals surface area contributed by atoms with Crippen molar-refractivity contribution in [3.8, 4) is 12.3 Å². The van der Waals surface area contributed by atoms with Crippen LogP contribution < -0.4 is 10.2 Å². The Morgan fingerprint density at radius 3 is 2.61 bits per heavy atom. The Morgan fingerprint density at radius 1 is 1.11 bits per heavy atom. The smallest absolute Gasteiger partial charge is 0.316 e. The number of rotatable bonds is 5. The number of amides is 2. The third kappa shape index (κ3) is 4.39. The molecule has 190 valence electrons. The summed E-state index contributed by atoms with van der Waals surface area (Å²) in [5.41, 5.74) is 1.56. The lowest BCUT2D eigenvalue weighted by Crippen LogP contribution is -2.41. The van der Waals surface area contributed by atoms with Crippen LogP contribution in [0.3, 0.4) is 0 Å². The highest BCUT2D eigenvalue weighted by molar-refractivity contribution is 6.15. The predicted molar refractivity (Wildman–Crippen MR) is 137 cm³/mol. The van der Waals surface area contributed by atoms with Crippen LogP contribution in [0.5, 0.6) is 0 Å². The summed E-state index contributed by atoms with van der Waals surface area (Å²) in [6.07, 6.45) is 8.20. The van der Waals surface area contributed by atoms with Crippen molar-refractivity contribution in [2.45, 2.75) is 26.3 Å². The van der Waals surface area contributed by atoms with Gasteiger partial charge in [0.05, 0.1) is 29.7 Å². The Bertz CT molecular complexity index is 1600. The monoisotopic (exact) mass is 512 g/mol. The summed E-state index contributed by atoms with van der Waals surface area (Å²) in [6.45, 7) is 3.68. The van der Waals surface area contributed by atoms with E-state index in [-0.39, 0.29) is 29.1 Å². The normalized spacial score (nSPS) is 13.1. The number of hydrogen-bond acceptors (Lipinski definition) is 5. The Hall–Kier alpha value is -4.91. The molecule has 0 saturated carbocycles. The predicted octanol–water partition coefficient (Wildman–Crippen LogP) is 4.32. The maximum Gasteiger partial charge on any atom is 0.316 e. The maximum absolute atomic E-state index is 15.3. The highest BCUT2D eigenvalue weighted by Crippen LogP contribution is 2.37. The molecule has 0 radical (unpaired) electrons. The number of hydrogen-bond donors (Lipinski definition) is 1. The number of halogens is 2. The van der Waals surface area contributed by atoms with Gasteiger partial charge in [-0.2, -0.15) is 13.9 Å². The SMILES string of the molecule is C#Cc1cccc(NC(=O)c2cnn3c2C(=O)N(c2ccc(C(F)(F)c4nc(C)cnc4C)cc2)CC3)c1. The summed E-state index contributed by atoms with van der Waals surface area (Å²) in [4.78, 5) is 35.9. The number of carbonyl (C=O) groups is 2. The molecule has 10 heteroatoms. The van der Waals surface area contributed by atoms with Crippen LogP contribution in [0.25, 0.3) is 0 Å². The highest BCUT2D eigenvalue weighted by Gasteiger charge is 2.38. The molecule has 0 fully saturated rings. The summed E-state index contributed by atoms with van der Waals surface area (Å²) < 4.78 is 32.0. The molecule has 1 aliphatic rings. The number of terminal acetylenes is 1. The van der Waals surface area contributed by atoms with Gasteiger partial charge in [0.25, 0.3) is 11.8 Å². The van der Waals surface area contributed by atoms with Crippen molar-refractivity contribution < 1.29 is 18.4 Å². The summed E-state index contributed by atoms with van der Waals surface area (Å²) >= 11 is 0. The van der Waals surface area contributed by atoms with Crippen molar-refractivity contribution in [2.75, 3.05) is 16.8 Å². The van der Waals surface area contributed by atoms with Crippen LogP contribution in [0.1, 0.15) is 49.1 Å². The first-order valence-corrected chi connectivity index (χ1v) is 11.7. The van der Waals surface area contributed by atoms with Crippen LogP contribution >= 0.6 is 0 Å². The van der Waals surface area contributed by atoms with Gasteiger partial charge < -0.3 is 10.2 Å². The Labute approximate surface area is 217 Å². The molecular weight excluding hydrogens is 490 g/mol. The van der Waals surface area contributed by atoms with Crippen molar-refractivity contribution in [1.82, 2.24) is 19.7 Å². The van der Waals surface area contributed by atoms with Gasteiger partial charge in [-0.15, -0.1) is 6.42 Å². The Balaban J connectivity index is 1.39. The second-order valence-corrected chi connectivity index (χ2v) is 8.83. The van der Waals surface area contributed by atoms with E-state index in [4.69, 9.17) is 6.42 Å². The second kappa shape index (κ2) is 9.52. The molecule has 0 bridgehead atoms. The first kappa shape index (κ1) is 24.8. The first-order chi connectivity index (χ1) is 18.2. The van der Waals surface area contributed by atoms with Gasteiger partial charge in [-0.1, -0.05) is 24.1 Å². The fraction of sp³-hybridized carbons (Fsp3) is 0.179. The van der Waals surface area contributed by atoms with Crippen molar-refractivity contribution >= 4 is 23.2 Å². The van der Waals surface area contributed by atoms with Gasteiger partial charge in [0.1, 0.15) is 11.4 Å². The number of alkyl halides is 2. The van der Waals surface area contributed by atoms with Gasteiger partial charge in [-0.05, 0) is 44.2 Å². The van der Waals surface area contributed by atoms with Gasteiger partial charge in [0, 0.05) is 35.2 Å². The lowest BCUT2D eigenvalue weighted by molar-refractivity contribution is 0.0366. The zero-order valence-electron chi connectivity index (χ0n) is 20.6. The van der Waals surface area contributed by atoms with E-state index in [2.05, 4.69) is 26.3 Å². The van der Waals surface area contributed by atoms with Crippen LogP contribution in [0.2, 0.25) is 0 Å². The molecule has 4 aromatic rings. The van der Waals surface area contributed by atoms with Crippen LogP contribution in [0, 0.1) is 26.2 Å². The molecule has 2 aromatic carbocycles. The molecule has 2 aromatic heterocycles. The average Bonchev–Trinajstić information content (AvgIpc) is 3.36. The van der Waals surface area contributed by atoms with Gasteiger partial charge in [0.2, 0.25) is 0 Å². The minimum Gasteiger partial charge on any atom is -0.322 e. The molecule has 1 N–H and O–H groups in total. The fourth-order valence-corrected chi connectivity index (χ4v) is 4.32. The van der Waals surface area contributed by atoms with Crippen molar-refractivity contribution in [3.63, 3.8) is 0 Å². The van der Waals surface area contributed by atoms with E-state index in [1.807, 2.05) is 0 Å². The minimum atomic E-state index is -3.37. The largest absolute Gasteiger partial charge is 0.322 e. The highest BCUT2D eigenvalue weighted by atomic mass is 19.3. The molecular formula is C28H22F2N6O2. The number of nitrogens with one attached hydrogen (secondary N) is 1. The molecule has 0 spiro atoms. The van der Waals surface area contributed by atoms with E-state index in [9.17, 15) is 9.59 Å². The second-order valence-electron chi connectivity index (χ2n) is 8.83. The number of anilines is 2. The topological polar surface area (TPSA) is 93.0 Å². The van der Waals surface area contributed by atoms with Crippen LogP contribution in [-0.4, -0.2) is 38.1 Å². The first-order valence-electron chi connectivity index (χ1n) is 11.7. The van der Waals surface area contributed by atoms with Gasteiger partial charge >= 0.3 is 5.92 Å². The van der Waals surface area contributed by atoms with E-state index in [1.165, 1.54) is 53.2 Å². The van der Waals surface area contributed by atoms with Gasteiger partial charge in [-0.3, -0.25) is 19.3 Å². The van der Waals surface area contributed by atoms with Crippen LogP contribution in [0.4, 0.5) is 20.2 Å². The van der Waals surface area contributed by atoms with Crippen LogP contribution in [0.15, 0.2) is 60.9 Å². The number of fused-ring (bicyclic) bond motifs is 1. The molecule has 1 aliphatic heterocycles. The van der Waals surface area contributed by atoms with Crippen molar-refractivity contribution in [2.24, 2.45) is 0 Å². The standard InChI is InChI=1S/C28H22F2N6O2/c1-4-19-6-5-7-21(14-19)34-26(37)23-16-32-36-13-12-35(27(38)24(23)36)22-10-8-20(9-11-22)28(29,30)25-18(3)31-15-17(2)33-25/h1,5-11,14-16H,12-13H2,2-3H3,(H,34,37). The zero-order chi connectivity index (χ0) is 27.0. The van der Waals surface area contributed by atoms with E-state index in [0.29, 0.717) is 29.2 Å². The number of carbonyl (C=O) groups excluding carboxylic acids is 2. The van der Waals surface area contributed by atoms with Crippen LogP contribution in [-0.2, 0) is 12.5 Å². The zero-order valence-corrected chi connectivity index (χ0v) is 20.6. The molecule has 8 nitrogen and oxygen atoms in total. The lowest BCUT2D eigenvalue weighted by Gasteiger charge is -2.28. The van der Waals surface area contributed by atoms with Gasteiger partial charge in [0.15, 0.2) is 0 Å². The molecule has 3 heterocycles. The Kier molecular flexibility index (Phi) is 6.20. The van der Waals surface area contributed by atoms with E-state index in [1.54, 1.807) is 31.2 Å². The third-order valence-corrected chi connectivity index (χ3v) is 6.27. The van der Waals surface area contributed by atoms with E-state index < -0.39 is 23.4 Å². The third-order valence-electron chi connectivity index (χ3n) is 6.27. The number of benzene rings is 2. The van der Waals surface area contributed by atoms with E-state index >= 15 is 8.78 Å². The Morgan fingerprint density at radius 2 is 1.87 bits per heavy atom. The minimum absolute atomic E-state index is 0.0995. The number of aryl methyl sites for hydroxylation is 2. The molecule has 0 saturated heterocycles. The van der Waals surface area contributed by atoms with Crippen molar-refractivity contribution in [1.29, 1.82) is 0 Å². The molecule has 5 rings (SSSR count). The molecule has 0 aliphatic carbocycles. The van der Waals surface area contributed by atoms with Crippen molar-refractivity contribution in [3.05, 3.63) is 100 Å². The molecule has 0 unspecified atom stereocenters. The maximum atomic E-state index is 15.3. The fourth-order valence-electron chi connectivity index (χ4n) is 4.32. The molecule has 0 atom stereocenters. The quantitative estimate of drug-likeness (QED) is 0.402. The summed E-state index contributed by atoms with van der Waals surface area (Å²) in [6, 6.07) is 12.2. The summed E-state index contributed by atoms with van der Waals surface area (Å²) in [7, 11) is 0. The lowest BCUT2D eigenvalue weighted by atomic mass is 10.0. The number of aromatic nitrogens is 4. The summed E-state index contributed by atoms with van der Waals surface area (Å²) in [5.74, 6) is -1.84. The molecule has 2 amide bonds. The number of nitrogens with zero attached hydrogens (tertiary/aromatic N) is 5. The molecule has 38 heavy (non-hydrogen) atoms. The van der Waals surface area contributed by atoms with E-state index in [0.717, 1.165) is 0 Å².